The summed E-state index contributed by atoms with van der Waals surface area (Å²) in [4.78, 5) is 13.1. The second-order valence-electron chi connectivity index (χ2n) is 9.38. The minimum Gasteiger partial charge on any atom is -0.378 e. The lowest BCUT2D eigenvalue weighted by molar-refractivity contribution is 0.101. The van der Waals surface area contributed by atoms with Gasteiger partial charge in [-0.2, -0.15) is 8.61 Å². The van der Waals surface area contributed by atoms with Crippen LogP contribution in [0.4, 0.5) is 5.69 Å². The lowest BCUT2D eigenvalue weighted by atomic mass is 10.0. The Labute approximate surface area is 208 Å². The number of hydrogen-bond acceptors (Lipinski definition) is 6. The number of sulfonamides is 2. The molecule has 190 valence electrons. The van der Waals surface area contributed by atoms with Gasteiger partial charge in [0.25, 0.3) is 0 Å². The van der Waals surface area contributed by atoms with E-state index in [4.69, 9.17) is 0 Å². The maximum atomic E-state index is 12.9. The van der Waals surface area contributed by atoms with E-state index in [-0.39, 0.29) is 22.1 Å². The molecule has 0 bridgehead atoms. The van der Waals surface area contributed by atoms with Gasteiger partial charge in [-0.15, -0.1) is 0 Å². The maximum absolute atomic E-state index is 12.9. The number of Topliss-reactive ketones (excluding diaryl/α,β-unsaturated/α-hetero) is 1. The number of piperidine rings is 2. The fourth-order valence-corrected chi connectivity index (χ4v) is 7.46. The standard InChI is InChI=1S/C25H33N3O5S2/c1-20-13-17-28(18-14-20)35(32,33)24-11-7-22(8-12-24)26-19-25(29)21-5-9-23(10-6-21)34(30,31)27-15-3-2-4-16-27/h5-12,20,26H,2-4,13-19H2,1H3. The predicted molar refractivity (Wildman–Crippen MR) is 135 cm³/mol. The molecule has 8 nitrogen and oxygen atoms in total. The summed E-state index contributed by atoms with van der Waals surface area (Å²) in [5, 5.41) is 3.02. The van der Waals surface area contributed by atoms with Crippen molar-refractivity contribution in [2.24, 2.45) is 5.92 Å². The molecular formula is C25H33N3O5S2. The second-order valence-corrected chi connectivity index (χ2v) is 13.3. The van der Waals surface area contributed by atoms with Crippen molar-refractivity contribution in [2.45, 2.75) is 48.8 Å². The summed E-state index contributed by atoms with van der Waals surface area (Å²) in [6, 6.07) is 12.5. The van der Waals surface area contributed by atoms with Crippen LogP contribution in [0, 0.1) is 5.92 Å². The van der Waals surface area contributed by atoms with E-state index < -0.39 is 20.0 Å². The van der Waals surface area contributed by atoms with E-state index in [1.54, 1.807) is 24.3 Å². The number of rotatable bonds is 8. The van der Waals surface area contributed by atoms with Gasteiger partial charge in [0.05, 0.1) is 16.3 Å². The highest BCUT2D eigenvalue weighted by molar-refractivity contribution is 7.89. The summed E-state index contributed by atoms with van der Waals surface area (Å²) in [5.41, 5.74) is 1.04. The summed E-state index contributed by atoms with van der Waals surface area (Å²) < 4.78 is 54.3. The van der Waals surface area contributed by atoms with E-state index in [1.807, 2.05) is 0 Å². The Hall–Kier alpha value is -2.27. The summed E-state index contributed by atoms with van der Waals surface area (Å²) in [5.74, 6) is 0.354. The van der Waals surface area contributed by atoms with Gasteiger partial charge in [-0.1, -0.05) is 13.3 Å². The lowest BCUT2D eigenvalue weighted by Crippen LogP contribution is -2.37. The third-order valence-electron chi connectivity index (χ3n) is 6.82. The van der Waals surface area contributed by atoms with Crippen LogP contribution < -0.4 is 5.32 Å². The Morgan fingerprint density at radius 3 is 1.80 bits per heavy atom. The van der Waals surface area contributed by atoms with Crippen LogP contribution in [0.1, 0.15) is 49.4 Å². The highest BCUT2D eigenvalue weighted by atomic mass is 32.2. The number of carbonyl (C=O) groups is 1. The minimum absolute atomic E-state index is 0.00827. The molecule has 2 aromatic rings. The monoisotopic (exact) mass is 519 g/mol. The third-order valence-corrected chi connectivity index (χ3v) is 10.6. The Bertz CT molecular complexity index is 1230. The van der Waals surface area contributed by atoms with Crippen LogP contribution in [0.2, 0.25) is 0 Å². The summed E-state index contributed by atoms with van der Waals surface area (Å²) in [6.07, 6.45) is 4.51. The van der Waals surface area contributed by atoms with Gasteiger partial charge >= 0.3 is 0 Å². The Balaban J connectivity index is 1.34. The van der Waals surface area contributed by atoms with Crippen LogP contribution >= 0.6 is 0 Å². The molecule has 0 saturated carbocycles. The molecule has 0 aromatic heterocycles. The van der Waals surface area contributed by atoms with Crippen molar-refractivity contribution < 1.29 is 21.6 Å². The van der Waals surface area contributed by atoms with Gasteiger partial charge in [0.1, 0.15) is 0 Å². The molecule has 2 aliphatic heterocycles. The normalized spacial score (nSPS) is 18.9. The van der Waals surface area contributed by atoms with Crippen molar-refractivity contribution in [1.29, 1.82) is 0 Å². The molecule has 0 aliphatic carbocycles. The van der Waals surface area contributed by atoms with Crippen LogP contribution in [-0.4, -0.2) is 64.0 Å². The Morgan fingerprint density at radius 2 is 1.26 bits per heavy atom. The van der Waals surface area contributed by atoms with Crippen LogP contribution in [0.25, 0.3) is 0 Å². The average Bonchev–Trinajstić information content (AvgIpc) is 2.88. The van der Waals surface area contributed by atoms with E-state index in [0.29, 0.717) is 43.3 Å². The maximum Gasteiger partial charge on any atom is 0.243 e. The zero-order valence-electron chi connectivity index (χ0n) is 20.0. The molecule has 10 heteroatoms. The molecule has 2 aromatic carbocycles. The van der Waals surface area contributed by atoms with Gasteiger partial charge in [-0.3, -0.25) is 4.79 Å². The highest BCUT2D eigenvalue weighted by Gasteiger charge is 2.28. The lowest BCUT2D eigenvalue weighted by Gasteiger charge is -2.29. The second kappa shape index (κ2) is 10.8. The third kappa shape index (κ3) is 5.94. The number of hydrogen-bond donors (Lipinski definition) is 1. The summed E-state index contributed by atoms with van der Waals surface area (Å²) >= 11 is 0. The van der Waals surface area contributed by atoms with Crippen molar-refractivity contribution in [3.05, 3.63) is 54.1 Å². The molecule has 0 unspecified atom stereocenters. The first-order valence-electron chi connectivity index (χ1n) is 12.2. The molecule has 1 N–H and O–H groups in total. The van der Waals surface area contributed by atoms with Crippen molar-refractivity contribution >= 4 is 31.5 Å². The molecule has 2 saturated heterocycles. The number of nitrogens with one attached hydrogen (secondary N) is 1. The Kier molecular flexibility index (Phi) is 7.95. The molecule has 0 radical (unpaired) electrons. The SMILES string of the molecule is CC1CCN(S(=O)(=O)c2ccc(NCC(=O)c3ccc(S(=O)(=O)N4CCCCC4)cc3)cc2)CC1. The van der Waals surface area contributed by atoms with Gasteiger partial charge in [-0.25, -0.2) is 16.8 Å². The van der Waals surface area contributed by atoms with Crippen molar-refractivity contribution in [3.8, 4) is 0 Å². The van der Waals surface area contributed by atoms with Gasteiger partial charge < -0.3 is 5.32 Å². The summed E-state index contributed by atoms with van der Waals surface area (Å²) in [6.45, 7) is 4.28. The van der Waals surface area contributed by atoms with Crippen LogP contribution in [0.15, 0.2) is 58.3 Å². The quantitative estimate of drug-likeness (QED) is 0.535. The molecule has 0 atom stereocenters. The van der Waals surface area contributed by atoms with E-state index in [0.717, 1.165) is 32.1 Å². The van der Waals surface area contributed by atoms with E-state index in [9.17, 15) is 21.6 Å². The van der Waals surface area contributed by atoms with Crippen molar-refractivity contribution in [3.63, 3.8) is 0 Å². The summed E-state index contributed by atoms with van der Waals surface area (Å²) in [7, 11) is -7.05. The predicted octanol–water partition coefficient (Wildman–Crippen LogP) is 3.58. The number of anilines is 1. The molecule has 2 fully saturated rings. The topological polar surface area (TPSA) is 104 Å². The van der Waals surface area contributed by atoms with Crippen LogP contribution in [0.5, 0.6) is 0 Å². The number of benzene rings is 2. The highest BCUT2D eigenvalue weighted by Crippen LogP contribution is 2.25. The first-order chi connectivity index (χ1) is 16.7. The molecular weight excluding hydrogens is 486 g/mol. The van der Waals surface area contributed by atoms with Crippen molar-refractivity contribution in [2.75, 3.05) is 38.0 Å². The van der Waals surface area contributed by atoms with Crippen LogP contribution in [-0.2, 0) is 20.0 Å². The molecule has 35 heavy (non-hydrogen) atoms. The Morgan fingerprint density at radius 1 is 0.771 bits per heavy atom. The first kappa shape index (κ1) is 25.8. The fourth-order valence-electron chi connectivity index (χ4n) is 4.47. The zero-order valence-corrected chi connectivity index (χ0v) is 21.7. The fraction of sp³-hybridized carbons (Fsp3) is 0.480. The molecule has 4 rings (SSSR count). The van der Waals surface area contributed by atoms with Gasteiger partial charge in [0.2, 0.25) is 20.0 Å². The number of nitrogens with zero attached hydrogens (tertiary/aromatic N) is 2. The smallest absolute Gasteiger partial charge is 0.243 e. The van der Waals surface area contributed by atoms with E-state index >= 15 is 0 Å². The largest absolute Gasteiger partial charge is 0.378 e. The molecule has 0 amide bonds. The number of carbonyl (C=O) groups excluding carboxylic acids is 1. The van der Waals surface area contributed by atoms with E-state index in [1.165, 1.54) is 32.9 Å². The van der Waals surface area contributed by atoms with Gasteiger partial charge in [-0.05, 0) is 80.1 Å². The first-order valence-corrected chi connectivity index (χ1v) is 15.0. The molecule has 0 spiro atoms. The van der Waals surface area contributed by atoms with Crippen LogP contribution in [0.3, 0.4) is 0 Å². The molecule has 2 heterocycles. The number of ketones is 1. The van der Waals surface area contributed by atoms with Crippen molar-refractivity contribution in [1.82, 2.24) is 8.61 Å². The minimum atomic E-state index is -3.53. The van der Waals surface area contributed by atoms with E-state index in [2.05, 4.69) is 12.2 Å². The average molecular weight is 520 g/mol. The van der Waals surface area contributed by atoms with Gasteiger partial charge in [0, 0.05) is 37.4 Å². The molecule has 2 aliphatic rings. The van der Waals surface area contributed by atoms with Gasteiger partial charge in [0.15, 0.2) is 5.78 Å². The zero-order chi connectivity index (χ0) is 25.1.